The standard InChI is InChI=1S/C12H17N3O/c1-10(2)15(7-3-6-13)12-5-4-11(9-16)8-14-12/h4-5,8,10,16H,3,7,9H2,1-2H3. The zero-order valence-electron chi connectivity index (χ0n) is 9.72. The maximum absolute atomic E-state index is 8.92. The van der Waals surface area contributed by atoms with E-state index < -0.39 is 0 Å². The van der Waals surface area contributed by atoms with Crippen LogP contribution in [-0.4, -0.2) is 22.7 Å². The molecule has 1 aromatic heterocycles. The third kappa shape index (κ3) is 3.21. The van der Waals surface area contributed by atoms with Crippen LogP contribution in [0.5, 0.6) is 0 Å². The predicted molar refractivity (Wildman–Crippen MR) is 62.9 cm³/mol. The van der Waals surface area contributed by atoms with Gasteiger partial charge < -0.3 is 10.0 Å². The van der Waals surface area contributed by atoms with Crippen LogP contribution in [0.4, 0.5) is 5.82 Å². The minimum Gasteiger partial charge on any atom is -0.392 e. The number of pyridine rings is 1. The lowest BCUT2D eigenvalue weighted by atomic mass is 10.2. The molecule has 0 saturated heterocycles. The molecule has 1 N–H and O–H groups in total. The number of aliphatic hydroxyl groups excluding tert-OH is 1. The Hall–Kier alpha value is -1.60. The summed E-state index contributed by atoms with van der Waals surface area (Å²) in [7, 11) is 0. The summed E-state index contributed by atoms with van der Waals surface area (Å²) in [5, 5.41) is 17.5. The number of hydrogen-bond donors (Lipinski definition) is 1. The van der Waals surface area contributed by atoms with Gasteiger partial charge in [0.25, 0.3) is 0 Å². The lowest BCUT2D eigenvalue weighted by Gasteiger charge is -2.26. The van der Waals surface area contributed by atoms with Crippen molar-refractivity contribution in [2.45, 2.75) is 32.9 Å². The first-order chi connectivity index (χ1) is 7.69. The van der Waals surface area contributed by atoms with Crippen molar-refractivity contribution < 1.29 is 5.11 Å². The first-order valence-electron chi connectivity index (χ1n) is 5.38. The number of hydrogen-bond acceptors (Lipinski definition) is 4. The molecule has 0 aromatic carbocycles. The van der Waals surface area contributed by atoms with Crippen molar-refractivity contribution in [1.82, 2.24) is 4.98 Å². The molecule has 0 radical (unpaired) electrons. The maximum atomic E-state index is 8.92. The van der Waals surface area contributed by atoms with E-state index in [4.69, 9.17) is 10.4 Å². The predicted octanol–water partition coefficient (Wildman–Crippen LogP) is 1.70. The summed E-state index contributed by atoms with van der Waals surface area (Å²) in [6.07, 6.45) is 2.15. The van der Waals surface area contributed by atoms with Gasteiger partial charge in [0.2, 0.25) is 0 Å². The number of rotatable bonds is 5. The van der Waals surface area contributed by atoms with Crippen LogP contribution in [0.25, 0.3) is 0 Å². The molecule has 0 aliphatic heterocycles. The highest BCUT2D eigenvalue weighted by Gasteiger charge is 2.10. The van der Waals surface area contributed by atoms with Gasteiger partial charge in [-0.15, -0.1) is 0 Å². The molecule has 0 bridgehead atoms. The summed E-state index contributed by atoms with van der Waals surface area (Å²) in [5.41, 5.74) is 0.799. The summed E-state index contributed by atoms with van der Waals surface area (Å²) in [6, 6.07) is 6.17. The molecule has 0 aliphatic carbocycles. The summed E-state index contributed by atoms with van der Waals surface area (Å²) < 4.78 is 0. The first kappa shape index (κ1) is 12.5. The van der Waals surface area contributed by atoms with Crippen molar-refractivity contribution in [3.8, 4) is 6.07 Å². The topological polar surface area (TPSA) is 60.2 Å². The molecule has 1 rings (SSSR count). The highest BCUT2D eigenvalue weighted by molar-refractivity contribution is 5.40. The maximum Gasteiger partial charge on any atom is 0.128 e. The number of nitriles is 1. The van der Waals surface area contributed by atoms with Gasteiger partial charge in [0.1, 0.15) is 5.82 Å². The smallest absolute Gasteiger partial charge is 0.128 e. The average Bonchev–Trinajstić information content (AvgIpc) is 2.30. The zero-order chi connectivity index (χ0) is 12.0. The number of nitrogens with zero attached hydrogens (tertiary/aromatic N) is 3. The summed E-state index contributed by atoms with van der Waals surface area (Å²) in [5.74, 6) is 0.849. The normalized spacial score (nSPS) is 10.2. The molecule has 1 aromatic rings. The quantitative estimate of drug-likeness (QED) is 0.818. The molecule has 0 aliphatic rings. The molecular formula is C12H17N3O. The molecule has 0 amide bonds. The van der Waals surface area contributed by atoms with E-state index in [1.807, 2.05) is 12.1 Å². The van der Waals surface area contributed by atoms with Crippen LogP contribution in [0.15, 0.2) is 18.3 Å². The van der Waals surface area contributed by atoms with E-state index in [0.29, 0.717) is 19.0 Å². The van der Waals surface area contributed by atoms with Gasteiger partial charge in [-0.2, -0.15) is 5.26 Å². The lowest BCUT2D eigenvalue weighted by Crippen LogP contribution is -2.32. The Morgan fingerprint density at radius 3 is 2.69 bits per heavy atom. The van der Waals surface area contributed by atoms with Gasteiger partial charge in [0, 0.05) is 18.8 Å². The largest absolute Gasteiger partial charge is 0.392 e. The number of anilines is 1. The fourth-order valence-electron chi connectivity index (χ4n) is 1.49. The zero-order valence-corrected chi connectivity index (χ0v) is 9.72. The Morgan fingerprint density at radius 1 is 1.50 bits per heavy atom. The Labute approximate surface area is 96.2 Å². The molecule has 1 heterocycles. The van der Waals surface area contributed by atoms with Crippen molar-refractivity contribution in [1.29, 1.82) is 5.26 Å². The fraction of sp³-hybridized carbons (Fsp3) is 0.500. The van der Waals surface area contributed by atoms with E-state index in [9.17, 15) is 0 Å². The number of aliphatic hydroxyl groups is 1. The van der Waals surface area contributed by atoms with Crippen LogP contribution in [0.1, 0.15) is 25.8 Å². The molecule has 0 saturated carbocycles. The molecule has 0 unspecified atom stereocenters. The number of aromatic nitrogens is 1. The molecule has 4 heteroatoms. The van der Waals surface area contributed by atoms with Crippen LogP contribution in [-0.2, 0) is 6.61 Å². The Balaban J connectivity index is 2.80. The highest BCUT2D eigenvalue weighted by Crippen LogP contribution is 2.14. The van der Waals surface area contributed by atoms with Crippen molar-refractivity contribution in [3.05, 3.63) is 23.9 Å². The molecule has 4 nitrogen and oxygen atoms in total. The second-order valence-electron chi connectivity index (χ2n) is 3.88. The van der Waals surface area contributed by atoms with E-state index in [0.717, 1.165) is 11.4 Å². The van der Waals surface area contributed by atoms with Crippen LogP contribution in [0, 0.1) is 11.3 Å². The van der Waals surface area contributed by atoms with Crippen LogP contribution in [0.2, 0.25) is 0 Å². The summed E-state index contributed by atoms with van der Waals surface area (Å²) in [4.78, 5) is 6.35. The lowest BCUT2D eigenvalue weighted by molar-refractivity contribution is 0.281. The molecule has 86 valence electrons. The van der Waals surface area contributed by atoms with Gasteiger partial charge in [-0.3, -0.25) is 0 Å². The van der Waals surface area contributed by atoms with Crippen molar-refractivity contribution in [3.63, 3.8) is 0 Å². The van der Waals surface area contributed by atoms with E-state index >= 15 is 0 Å². The monoisotopic (exact) mass is 219 g/mol. The summed E-state index contributed by atoms with van der Waals surface area (Å²) in [6.45, 7) is 4.82. The highest BCUT2D eigenvalue weighted by atomic mass is 16.3. The van der Waals surface area contributed by atoms with Gasteiger partial charge >= 0.3 is 0 Å². The van der Waals surface area contributed by atoms with Gasteiger partial charge in [-0.1, -0.05) is 6.07 Å². The van der Waals surface area contributed by atoms with E-state index in [2.05, 4.69) is 29.8 Å². The second kappa shape index (κ2) is 6.09. The minimum atomic E-state index is 0.00710. The average molecular weight is 219 g/mol. The van der Waals surface area contributed by atoms with E-state index in [-0.39, 0.29) is 6.61 Å². The van der Waals surface area contributed by atoms with E-state index in [1.165, 1.54) is 0 Å². The molecule has 16 heavy (non-hydrogen) atoms. The molecule has 0 fully saturated rings. The Morgan fingerprint density at radius 2 is 2.25 bits per heavy atom. The third-order valence-corrected chi connectivity index (χ3v) is 2.37. The van der Waals surface area contributed by atoms with Gasteiger partial charge in [0.15, 0.2) is 0 Å². The molecule has 0 spiro atoms. The van der Waals surface area contributed by atoms with Gasteiger partial charge in [-0.05, 0) is 25.5 Å². The second-order valence-corrected chi connectivity index (χ2v) is 3.88. The Kier molecular flexibility index (Phi) is 4.74. The SMILES string of the molecule is CC(C)N(CCC#N)c1ccc(CO)cn1. The van der Waals surface area contributed by atoms with Crippen molar-refractivity contribution >= 4 is 5.82 Å². The van der Waals surface area contributed by atoms with Gasteiger partial charge in [0.05, 0.1) is 19.1 Å². The third-order valence-electron chi connectivity index (χ3n) is 2.37. The van der Waals surface area contributed by atoms with Crippen LogP contribution in [0.3, 0.4) is 0 Å². The summed E-state index contributed by atoms with van der Waals surface area (Å²) >= 11 is 0. The van der Waals surface area contributed by atoms with E-state index in [1.54, 1.807) is 6.20 Å². The van der Waals surface area contributed by atoms with Crippen LogP contribution < -0.4 is 4.90 Å². The van der Waals surface area contributed by atoms with Crippen molar-refractivity contribution in [2.24, 2.45) is 0 Å². The van der Waals surface area contributed by atoms with Crippen molar-refractivity contribution in [2.75, 3.05) is 11.4 Å². The fourth-order valence-corrected chi connectivity index (χ4v) is 1.49. The minimum absolute atomic E-state index is 0.00710. The molecular weight excluding hydrogens is 202 g/mol. The van der Waals surface area contributed by atoms with Gasteiger partial charge in [-0.25, -0.2) is 4.98 Å². The molecule has 0 atom stereocenters. The first-order valence-corrected chi connectivity index (χ1v) is 5.38. The Bertz CT molecular complexity index is 354. The van der Waals surface area contributed by atoms with Crippen LogP contribution >= 0.6 is 0 Å².